The zero-order valence-electron chi connectivity index (χ0n) is 9.80. The second-order valence-electron chi connectivity index (χ2n) is 3.88. The fraction of sp³-hybridized carbons (Fsp3) is 0.143. The summed E-state index contributed by atoms with van der Waals surface area (Å²) in [6.45, 7) is 2.53. The SMILES string of the molecule is Cc1ccc(CN=C(N)c2ccccc2)cn1. The molecule has 3 heteroatoms. The van der Waals surface area contributed by atoms with Crippen molar-refractivity contribution in [3.05, 3.63) is 65.5 Å². The van der Waals surface area contributed by atoms with Crippen LogP contribution in [0.2, 0.25) is 0 Å². The van der Waals surface area contributed by atoms with Crippen molar-refractivity contribution in [2.45, 2.75) is 13.5 Å². The number of hydrogen-bond donors (Lipinski definition) is 1. The van der Waals surface area contributed by atoms with Crippen molar-refractivity contribution in [2.24, 2.45) is 10.7 Å². The van der Waals surface area contributed by atoms with Crippen molar-refractivity contribution in [3.8, 4) is 0 Å². The van der Waals surface area contributed by atoms with Crippen LogP contribution in [-0.2, 0) is 6.54 Å². The number of aryl methyl sites for hydroxylation is 1. The third-order valence-electron chi connectivity index (χ3n) is 2.47. The lowest BCUT2D eigenvalue weighted by molar-refractivity contribution is 1.03. The first-order valence-corrected chi connectivity index (χ1v) is 5.52. The van der Waals surface area contributed by atoms with Gasteiger partial charge in [0.1, 0.15) is 5.84 Å². The monoisotopic (exact) mass is 225 g/mol. The maximum absolute atomic E-state index is 5.90. The van der Waals surface area contributed by atoms with Crippen molar-refractivity contribution in [1.29, 1.82) is 0 Å². The number of nitrogens with two attached hydrogens (primary N) is 1. The van der Waals surface area contributed by atoms with Gasteiger partial charge in [-0.15, -0.1) is 0 Å². The lowest BCUT2D eigenvalue weighted by Gasteiger charge is -2.01. The van der Waals surface area contributed by atoms with Crippen LogP contribution in [0.15, 0.2) is 53.7 Å². The molecule has 0 saturated carbocycles. The molecule has 86 valence electrons. The van der Waals surface area contributed by atoms with Crippen LogP contribution in [0.5, 0.6) is 0 Å². The normalized spacial score (nSPS) is 11.5. The van der Waals surface area contributed by atoms with Crippen molar-refractivity contribution in [2.75, 3.05) is 0 Å². The highest BCUT2D eigenvalue weighted by Crippen LogP contribution is 2.03. The topological polar surface area (TPSA) is 51.3 Å². The number of hydrogen-bond acceptors (Lipinski definition) is 2. The molecule has 0 aliphatic rings. The van der Waals surface area contributed by atoms with Crippen LogP contribution in [0.25, 0.3) is 0 Å². The molecular formula is C14H15N3. The quantitative estimate of drug-likeness (QED) is 0.643. The summed E-state index contributed by atoms with van der Waals surface area (Å²) in [6, 6.07) is 13.8. The molecule has 2 rings (SSSR count). The number of pyridine rings is 1. The highest BCUT2D eigenvalue weighted by molar-refractivity contribution is 5.97. The molecule has 0 unspecified atom stereocenters. The Balaban J connectivity index is 2.08. The summed E-state index contributed by atoms with van der Waals surface area (Å²) in [4.78, 5) is 8.57. The van der Waals surface area contributed by atoms with E-state index < -0.39 is 0 Å². The van der Waals surface area contributed by atoms with Crippen LogP contribution in [0.3, 0.4) is 0 Å². The maximum atomic E-state index is 5.90. The summed E-state index contributed by atoms with van der Waals surface area (Å²) >= 11 is 0. The first kappa shape index (κ1) is 11.3. The molecule has 0 fully saturated rings. The average Bonchev–Trinajstić information content (AvgIpc) is 2.39. The Bertz CT molecular complexity index is 501. The number of benzene rings is 1. The van der Waals surface area contributed by atoms with Crippen molar-refractivity contribution in [3.63, 3.8) is 0 Å². The standard InChI is InChI=1S/C14H15N3/c1-11-7-8-12(9-16-11)10-17-14(15)13-5-3-2-4-6-13/h2-9H,10H2,1H3,(H2,15,17). The number of amidine groups is 1. The molecule has 0 spiro atoms. The van der Waals surface area contributed by atoms with E-state index in [0.29, 0.717) is 12.4 Å². The average molecular weight is 225 g/mol. The van der Waals surface area contributed by atoms with Gasteiger partial charge in [-0.25, -0.2) is 0 Å². The van der Waals surface area contributed by atoms with E-state index in [9.17, 15) is 0 Å². The smallest absolute Gasteiger partial charge is 0.125 e. The zero-order chi connectivity index (χ0) is 12.1. The third-order valence-corrected chi connectivity index (χ3v) is 2.47. The highest BCUT2D eigenvalue weighted by Gasteiger charge is 1.97. The first-order valence-electron chi connectivity index (χ1n) is 5.52. The Morgan fingerprint density at radius 3 is 2.59 bits per heavy atom. The molecule has 1 aromatic heterocycles. The molecule has 2 N–H and O–H groups in total. The van der Waals surface area contributed by atoms with Gasteiger partial charge in [-0.1, -0.05) is 36.4 Å². The molecule has 0 amide bonds. The summed E-state index contributed by atoms with van der Waals surface area (Å²) in [5.41, 5.74) is 8.93. The molecule has 0 atom stereocenters. The summed E-state index contributed by atoms with van der Waals surface area (Å²) in [6.07, 6.45) is 1.83. The molecule has 3 nitrogen and oxygen atoms in total. The van der Waals surface area contributed by atoms with E-state index in [-0.39, 0.29) is 0 Å². The van der Waals surface area contributed by atoms with Crippen LogP contribution in [0.1, 0.15) is 16.8 Å². The fourth-order valence-electron chi connectivity index (χ4n) is 1.47. The van der Waals surface area contributed by atoms with Gasteiger partial charge in [-0.05, 0) is 18.6 Å². The summed E-state index contributed by atoms with van der Waals surface area (Å²) in [5, 5.41) is 0. The fourth-order valence-corrected chi connectivity index (χ4v) is 1.47. The number of rotatable bonds is 3. The Hall–Kier alpha value is -2.16. The van der Waals surface area contributed by atoms with Gasteiger partial charge in [0.15, 0.2) is 0 Å². The molecule has 0 saturated heterocycles. The van der Waals surface area contributed by atoms with E-state index in [1.807, 2.05) is 55.6 Å². The van der Waals surface area contributed by atoms with Gasteiger partial charge in [0, 0.05) is 17.5 Å². The Morgan fingerprint density at radius 2 is 1.94 bits per heavy atom. The largest absolute Gasteiger partial charge is 0.383 e. The van der Waals surface area contributed by atoms with E-state index in [0.717, 1.165) is 16.8 Å². The second-order valence-corrected chi connectivity index (χ2v) is 3.88. The predicted molar refractivity (Wildman–Crippen MR) is 69.8 cm³/mol. The molecule has 2 aromatic rings. The lowest BCUT2D eigenvalue weighted by Crippen LogP contribution is -2.13. The van der Waals surface area contributed by atoms with Gasteiger partial charge in [0.25, 0.3) is 0 Å². The van der Waals surface area contributed by atoms with E-state index in [1.165, 1.54) is 0 Å². The van der Waals surface area contributed by atoms with Gasteiger partial charge >= 0.3 is 0 Å². The molecule has 0 bridgehead atoms. The van der Waals surface area contributed by atoms with Crippen molar-refractivity contribution >= 4 is 5.84 Å². The Kier molecular flexibility index (Phi) is 3.50. The van der Waals surface area contributed by atoms with E-state index in [2.05, 4.69) is 9.98 Å². The van der Waals surface area contributed by atoms with Crippen LogP contribution in [0, 0.1) is 6.92 Å². The number of aromatic nitrogens is 1. The van der Waals surface area contributed by atoms with Crippen molar-refractivity contribution < 1.29 is 0 Å². The van der Waals surface area contributed by atoms with Crippen LogP contribution in [0.4, 0.5) is 0 Å². The molecule has 1 heterocycles. The summed E-state index contributed by atoms with van der Waals surface area (Å²) in [7, 11) is 0. The minimum absolute atomic E-state index is 0.561. The molecule has 0 aliphatic heterocycles. The predicted octanol–water partition coefficient (Wildman–Crippen LogP) is 2.30. The Morgan fingerprint density at radius 1 is 1.18 bits per heavy atom. The zero-order valence-corrected chi connectivity index (χ0v) is 9.80. The van der Waals surface area contributed by atoms with E-state index >= 15 is 0 Å². The third kappa shape index (κ3) is 3.14. The molecule has 1 aromatic carbocycles. The second kappa shape index (κ2) is 5.25. The lowest BCUT2D eigenvalue weighted by atomic mass is 10.2. The minimum Gasteiger partial charge on any atom is -0.383 e. The highest BCUT2D eigenvalue weighted by atomic mass is 14.8. The van der Waals surface area contributed by atoms with Crippen molar-refractivity contribution in [1.82, 2.24) is 4.98 Å². The molecule has 0 aliphatic carbocycles. The summed E-state index contributed by atoms with van der Waals surface area (Å²) in [5.74, 6) is 0.561. The minimum atomic E-state index is 0.561. The molecular weight excluding hydrogens is 210 g/mol. The first-order chi connectivity index (χ1) is 8.25. The Labute approximate surface area is 101 Å². The maximum Gasteiger partial charge on any atom is 0.125 e. The summed E-state index contributed by atoms with van der Waals surface area (Å²) < 4.78 is 0. The van der Waals surface area contributed by atoms with Crippen LogP contribution < -0.4 is 5.73 Å². The van der Waals surface area contributed by atoms with Crippen LogP contribution >= 0.6 is 0 Å². The van der Waals surface area contributed by atoms with Gasteiger partial charge in [0.2, 0.25) is 0 Å². The number of nitrogens with zero attached hydrogens (tertiary/aromatic N) is 2. The van der Waals surface area contributed by atoms with Gasteiger partial charge in [0.05, 0.1) is 6.54 Å². The van der Waals surface area contributed by atoms with Crippen LogP contribution in [-0.4, -0.2) is 10.8 Å². The van der Waals surface area contributed by atoms with E-state index in [1.54, 1.807) is 0 Å². The molecule has 0 radical (unpaired) electrons. The molecule has 17 heavy (non-hydrogen) atoms. The van der Waals surface area contributed by atoms with Gasteiger partial charge in [-0.2, -0.15) is 0 Å². The van der Waals surface area contributed by atoms with Gasteiger partial charge in [-0.3, -0.25) is 9.98 Å². The van der Waals surface area contributed by atoms with E-state index in [4.69, 9.17) is 5.73 Å². The van der Waals surface area contributed by atoms with Gasteiger partial charge < -0.3 is 5.73 Å². The number of aliphatic imine (C=N–C) groups is 1.